The van der Waals surface area contributed by atoms with Gasteiger partial charge >= 0.3 is 5.97 Å². The number of hydrogen-bond donors (Lipinski definition) is 0. The zero-order chi connectivity index (χ0) is 14.5. The highest BCUT2D eigenvalue weighted by Crippen LogP contribution is 2.25. The van der Waals surface area contributed by atoms with Gasteiger partial charge in [-0.05, 0) is 32.4 Å². The fourth-order valence-corrected chi connectivity index (χ4v) is 2.44. The predicted octanol–water partition coefficient (Wildman–Crippen LogP) is 2.90. The van der Waals surface area contributed by atoms with Crippen molar-refractivity contribution in [2.45, 2.75) is 46.1 Å². The van der Waals surface area contributed by atoms with E-state index in [1.165, 1.54) is 0 Å². The molecule has 0 saturated carbocycles. The number of ether oxygens (including phenoxy) is 1. The van der Waals surface area contributed by atoms with Crippen LogP contribution in [0.4, 0.5) is 0 Å². The molecule has 1 atom stereocenters. The number of hydrogen-bond acceptors (Lipinski definition) is 4. The van der Waals surface area contributed by atoms with E-state index >= 15 is 0 Å². The Labute approximate surface area is 119 Å². The molecule has 0 aromatic carbocycles. The molecular weight excluding hydrogens is 254 g/mol. The molecule has 20 heavy (non-hydrogen) atoms. The highest BCUT2D eigenvalue weighted by Gasteiger charge is 2.27. The molecular formula is C15H21N3O2. The first-order chi connectivity index (χ1) is 9.72. The smallest absolute Gasteiger partial charge is 0.316 e. The Kier molecular flexibility index (Phi) is 4.71. The molecule has 0 aliphatic heterocycles. The van der Waals surface area contributed by atoms with E-state index in [9.17, 15) is 4.79 Å². The van der Waals surface area contributed by atoms with Gasteiger partial charge in [0.15, 0.2) is 5.65 Å². The summed E-state index contributed by atoms with van der Waals surface area (Å²) in [6.45, 7) is 7.05. The summed E-state index contributed by atoms with van der Waals surface area (Å²) in [7, 11) is 0. The van der Waals surface area contributed by atoms with E-state index in [1.807, 2.05) is 30.5 Å². The van der Waals surface area contributed by atoms with Crippen LogP contribution in [0.5, 0.6) is 0 Å². The van der Waals surface area contributed by atoms with Crippen molar-refractivity contribution in [3.8, 4) is 0 Å². The van der Waals surface area contributed by atoms with Gasteiger partial charge in [-0.3, -0.25) is 4.79 Å². The number of aromatic nitrogens is 3. The summed E-state index contributed by atoms with van der Waals surface area (Å²) >= 11 is 0. The maximum atomic E-state index is 12.2. The molecule has 108 valence electrons. The van der Waals surface area contributed by atoms with E-state index in [1.54, 1.807) is 6.20 Å². The highest BCUT2D eigenvalue weighted by molar-refractivity contribution is 5.79. The van der Waals surface area contributed by atoms with E-state index in [0.29, 0.717) is 6.61 Å². The molecule has 2 aromatic rings. The second kappa shape index (κ2) is 6.50. The molecule has 0 radical (unpaired) electrons. The summed E-state index contributed by atoms with van der Waals surface area (Å²) in [5.41, 5.74) is 1.66. The summed E-state index contributed by atoms with van der Waals surface area (Å²) in [5.74, 6) is 0.259. The number of carbonyl (C=O) groups excluding carboxylic acids is 1. The average Bonchev–Trinajstić information content (AvgIpc) is 2.82. The lowest BCUT2D eigenvalue weighted by atomic mass is 10.0. The van der Waals surface area contributed by atoms with Gasteiger partial charge < -0.3 is 9.30 Å². The summed E-state index contributed by atoms with van der Waals surface area (Å²) in [6.07, 6.45) is 3.39. The molecule has 2 rings (SSSR count). The first kappa shape index (κ1) is 14.5. The largest absolute Gasteiger partial charge is 0.465 e. The Morgan fingerprint density at radius 3 is 2.85 bits per heavy atom. The SMILES string of the molecule is CCCC(C(=O)OCC)c1nc2cccnc2n1CC. The lowest BCUT2D eigenvalue weighted by Crippen LogP contribution is -2.20. The zero-order valence-corrected chi connectivity index (χ0v) is 12.3. The van der Waals surface area contributed by atoms with Crippen LogP contribution < -0.4 is 0 Å². The van der Waals surface area contributed by atoms with E-state index in [-0.39, 0.29) is 11.9 Å². The van der Waals surface area contributed by atoms with Crippen LogP contribution in [0.15, 0.2) is 18.3 Å². The molecule has 2 aromatic heterocycles. The van der Waals surface area contributed by atoms with Gasteiger partial charge in [-0.25, -0.2) is 9.97 Å². The zero-order valence-electron chi connectivity index (χ0n) is 12.3. The monoisotopic (exact) mass is 275 g/mol. The minimum absolute atomic E-state index is 0.195. The van der Waals surface area contributed by atoms with Crippen molar-refractivity contribution in [2.75, 3.05) is 6.61 Å². The maximum absolute atomic E-state index is 12.2. The number of aryl methyl sites for hydroxylation is 1. The molecule has 0 amide bonds. The molecule has 0 spiro atoms. The molecule has 2 heterocycles. The van der Waals surface area contributed by atoms with Crippen molar-refractivity contribution >= 4 is 17.1 Å². The molecule has 5 nitrogen and oxygen atoms in total. The second-order valence-corrected chi connectivity index (χ2v) is 4.65. The fourth-order valence-electron chi connectivity index (χ4n) is 2.44. The normalized spacial score (nSPS) is 12.6. The summed E-state index contributed by atoms with van der Waals surface area (Å²) < 4.78 is 7.20. The predicted molar refractivity (Wildman–Crippen MR) is 77.5 cm³/mol. The van der Waals surface area contributed by atoms with E-state index < -0.39 is 0 Å². The Hall–Kier alpha value is -1.91. The summed E-state index contributed by atoms with van der Waals surface area (Å²) in [6, 6.07) is 3.78. The molecule has 1 unspecified atom stereocenters. The van der Waals surface area contributed by atoms with E-state index in [0.717, 1.165) is 36.4 Å². The van der Waals surface area contributed by atoms with Gasteiger partial charge in [-0.1, -0.05) is 13.3 Å². The van der Waals surface area contributed by atoms with Gasteiger partial charge in [-0.15, -0.1) is 0 Å². The van der Waals surface area contributed by atoms with Crippen LogP contribution in [0.1, 0.15) is 45.4 Å². The van der Waals surface area contributed by atoms with Crippen LogP contribution in [0, 0.1) is 0 Å². The van der Waals surface area contributed by atoms with Gasteiger partial charge in [0.2, 0.25) is 0 Å². The van der Waals surface area contributed by atoms with Crippen molar-refractivity contribution in [1.29, 1.82) is 0 Å². The lowest BCUT2D eigenvalue weighted by molar-refractivity contribution is -0.145. The fraction of sp³-hybridized carbons (Fsp3) is 0.533. The molecule has 5 heteroatoms. The molecule has 0 fully saturated rings. The third-order valence-electron chi connectivity index (χ3n) is 3.31. The number of pyridine rings is 1. The van der Waals surface area contributed by atoms with E-state index in [4.69, 9.17) is 4.74 Å². The topological polar surface area (TPSA) is 57.0 Å². The van der Waals surface area contributed by atoms with Gasteiger partial charge in [0.1, 0.15) is 17.3 Å². The van der Waals surface area contributed by atoms with Gasteiger partial charge in [0.25, 0.3) is 0 Å². The van der Waals surface area contributed by atoms with Crippen LogP contribution in [0.25, 0.3) is 11.2 Å². The number of esters is 1. The number of imidazole rings is 1. The third kappa shape index (κ3) is 2.66. The van der Waals surface area contributed by atoms with Gasteiger partial charge in [0, 0.05) is 12.7 Å². The average molecular weight is 275 g/mol. The van der Waals surface area contributed by atoms with Crippen LogP contribution in [-0.2, 0) is 16.1 Å². The summed E-state index contributed by atoms with van der Waals surface area (Å²) in [4.78, 5) is 21.2. The highest BCUT2D eigenvalue weighted by atomic mass is 16.5. The van der Waals surface area contributed by atoms with Crippen LogP contribution in [-0.4, -0.2) is 27.1 Å². The van der Waals surface area contributed by atoms with E-state index in [2.05, 4.69) is 16.9 Å². The standard InChI is InChI=1S/C15H21N3O2/c1-4-8-11(15(19)20-6-3)13-17-12-9-7-10-16-14(12)18(13)5-2/h7,9-11H,4-6,8H2,1-3H3. The quantitative estimate of drug-likeness (QED) is 0.761. The molecule has 0 bridgehead atoms. The van der Waals surface area contributed by atoms with Crippen LogP contribution in [0.2, 0.25) is 0 Å². The lowest BCUT2D eigenvalue weighted by Gasteiger charge is -2.15. The van der Waals surface area contributed by atoms with Crippen molar-refractivity contribution in [3.05, 3.63) is 24.2 Å². The maximum Gasteiger partial charge on any atom is 0.316 e. The third-order valence-corrected chi connectivity index (χ3v) is 3.31. The summed E-state index contributed by atoms with van der Waals surface area (Å²) in [5, 5.41) is 0. The van der Waals surface area contributed by atoms with Crippen molar-refractivity contribution in [2.24, 2.45) is 0 Å². The molecule has 0 N–H and O–H groups in total. The van der Waals surface area contributed by atoms with Crippen molar-refractivity contribution < 1.29 is 9.53 Å². The molecule has 0 aliphatic rings. The molecule has 0 saturated heterocycles. The van der Waals surface area contributed by atoms with Crippen LogP contribution >= 0.6 is 0 Å². The molecule has 0 aliphatic carbocycles. The number of fused-ring (bicyclic) bond motifs is 1. The first-order valence-corrected chi connectivity index (χ1v) is 7.20. The number of carbonyl (C=O) groups is 1. The minimum atomic E-state index is -0.311. The van der Waals surface area contributed by atoms with Gasteiger partial charge in [0.05, 0.1) is 6.61 Å². The number of nitrogens with zero attached hydrogens (tertiary/aromatic N) is 3. The second-order valence-electron chi connectivity index (χ2n) is 4.65. The van der Waals surface area contributed by atoms with Crippen molar-refractivity contribution in [1.82, 2.24) is 14.5 Å². The Morgan fingerprint density at radius 2 is 2.20 bits per heavy atom. The Bertz CT molecular complexity index is 592. The Morgan fingerprint density at radius 1 is 1.40 bits per heavy atom. The Balaban J connectivity index is 2.49. The minimum Gasteiger partial charge on any atom is -0.465 e. The first-order valence-electron chi connectivity index (χ1n) is 7.20. The number of rotatable bonds is 6. The van der Waals surface area contributed by atoms with Crippen molar-refractivity contribution in [3.63, 3.8) is 0 Å². The van der Waals surface area contributed by atoms with Crippen LogP contribution in [0.3, 0.4) is 0 Å². The van der Waals surface area contributed by atoms with Gasteiger partial charge in [-0.2, -0.15) is 0 Å².